The molecule has 1 aliphatic rings. The maximum atomic E-state index is 12.8. The van der Waals surface area contributed by atoms with Crippen molar-refractivity contribution in [1.82, 2.24) is 4.90 Å². The maximum Gasteiger partial charge on any atom is 0.321 e. The van der Waals surface area contributed by atoms with Crippen molar-refractivity contribution in [3.63, 3.8) is 0 Å². The summed E-state index contributed by atoms with van der Waals surface area (Å²) in [5.41, 5.74) is 1.95. The molecule has 0 saturated carbocycles. The van der Waals surface area contributed by atoms with Crippen LogP contribution in [0.25, 0.3) is 0 Å². The number of nitrogens with zero attached hydrogens (tertiary/aromatic N) is 1. The summed E-state index contributed by atoms with van der Waals surface area (Å²) in [7, 11) is 0. The van der Waals surface area contributed by atoms with Crippen LogP contribution in [0.4, 0.5) is 10.5 Å². The minimum Gasteiger partial charge on any atom is -0.492 e. The Morgan fingerprint density at radius 2 is 1.96 bits per heavy atom. The van der Waals surface area contributed by atoms with Crippen LogP contribution in [0.15, 0.2) is 48.5 Å². The quantitative estimate of drug-likeness (QED) is 0.765. The summed E-state index contributed by atoms with van der Waals surface area (Å²) in [5, 5.41) is 3.76. The Morgan fingerprint density at radius 1 is 1.19 bits per heavy atom. The van der Waals surface area contributed by atoms with E-state index in [1.165, 1.54) is 5.56 Å². The number of amides is 2. The van der Waals surface area contributed by atoms with Crippen LogP contribution in [-0.4, -0.2) is 30.6 Å². The van der Waals surface area contributed by atoms with Gasteiger partial charge in [-0.3, -0.25) is 0 Å². The second-order valence-electron chi connectivity index (χ2n) is 6.55. The highest BCUT2D eigenvalue weighted by Crippen LogP contribution is 2.29. The van der Waals surface area contributed by atoms with Gasteiger partial charge in [0.15, 0.2) is 0 Å². The van der Waals surface area contributed by atoms with Gasteiger partial charge in [0.1, 0.15) is 5.75 Å². The highest BCUT2D eigenvalue weighted by molar-refractivity contribution is 6.30. The molecule has 4 nitrogen and oxygen atoms in total. The topological polar surface area (TPSA) is 41.6 Å². The predicted molar refractivity (Wildman–Crippen MR) is 106 cm³/mol. The number of urea groups is 1. The molecule has 0 radical (unpaired) electrons. The molecule has 2 amide bonds. The van der Waals surface area contributed by atoms with Crippen molar-refractivity contribution >= 4 is 23.3 Å². The molecule has 26 heavy (non-hydrogen) atoms. The van der Waals surface area contributed by atoms with Crippen molar-refractivity contribution < 1.29 is 9.53 Å². The predicted octanol–water partition coefficient (Wildman–Crippen LogP) is 5.54. The van der Waals surface area contributed by atoms with E-state index in [0.29, 0.717) is 30.5 Å². The van der Waals surface area contributed by atoms with Crippen LogP contribution >= 0.6 is 11.6 Å². The summed E-state index contributed by atoms with van der Waals surface area (Å²) in [6.07, 6.45) is 3.22. The third kappa shape index (κ3) is 4.70. The van der Waals surface area contributed by atoms with Gasteiger partial charge in [-0.15, -0.1) is 0 Å². The van der Waals surface area contributed by atoms with Gasteiger partial charge < -0.3 is 15.0 Å². The number of para-hydroxylation sites is 2. The van der Waals surface area contributed by atoms with E-state index < -0.39 is 0 Å². The molecule has 2 aromatic rings. The second kappa shape index (κ2) is 8.95. The normalized spacial score (nSPS) is 17.5. The molecule has 1 heterocycles. The number of likely N-dealkylation sites (tertiary alicyclic amines) is 1. The van der Waals surface area contributed by atoms with E-state index in [0.717, 1.165) is 30.8 Å². The van der Waals surface area contributed by atoms with Crippen molar-refractivity contribution in [3.05, 3.63) is 59.1 Å². The monoisotopic (exact) mass is 372 g/mol. The summed E-state index contributed by atoms with van der Waals surface area (Å²) in [6, 6.07) is 15.5. The molecule has 3 rings (SSSR count). The summed E-state index contributed by atoms with van der Waals surface area (Å²) < 4.78 is 5.61. The Bertz CT molecular complexity index is 733. The highest BCUT2D eigenvalue weighted by Gasteiger charge is 2.23. The first-order chi connectivity index (χ1) is 12.7. The average molecular weight is 373 g/mol. The Balaban J connectivity index is 1.71. The lowest BCUT2D eigenvalue weighted by atomic mass is 9.94. The fourth-order valence-electron chi connectivity index (χ4n) is 3.38. The summed E-state index contributed by atoms with van der Waals surface area (Å²) in [4.78, 5) is 14.8. The van der Waals surface area contributed by atoms with E-state index in [1.54, 1.807) is 0 Å². The smallest absolute Gasteiger partial charge is 0.321 e. The summed E-state index contributed by atoms with van der Waals surface area (Å²) in [6.45, 7) is 3.98. The van der Waals surface area contributed by atoms with Gasteiger partial charge in [0, 0.05) is 24.0 Å². The number of halogens is 1. The van der Waals surface area contributed by atoms with Crippen LogP contribution in [0.5, 0.6) is 5.75 Å². The number of rotatable bonds is 4. The number of carbonyl (C=O) groups is 1. The fraction of sp³-hybridized carbons (Fsp3) is 0.381. The van der Waals surface area contributed by atoms with Gasteiger partial charge in [-0.25, -0.2) is 4.79 Å². The van der Waals surface area contributed by atoms with Crippen LogP contribution in [0.1, 0.15) is 37.7 Å². The zero-order valence-electron chi connectivity index (χ0n) is 15.1. The maximum absolute atomic E-state index is 12.8. The van der Waals surface area contributed by atoms with Gasteiger partial charge in [-0.1, -0.05) is 42.3 Å². The van der Waals surface area contributed by atoms with Crippen LogP contribution in [0.3, 0.4) is 0 Å². The standard InChI is InChI=1S/C21H25ClN2O2/c1-2-26-20-9-4-3-8-19(20)23-21(25)24-14-6-5-7-17(15-24)16-10-12-18(22)13-11-16/h3-4,8-13,17H,2,5-7,14-15H2,1H3,(H,23,25). The fourth-order valence-corrected chi connectivity index (χ4v) is 3.51. The number of hydrogen-bond acceptors (Lipinski definition) is 2. The van der Waals surface area contributed by atoms with Crippen molar-refractivity contribution in [2.75, 3.05) is 25.0 Å². The van der Waals surface area contributed by atoms with Crippen LogP contribution in [-0.2, 0) is 0 Å². The molecule has 2 aromatic carbocycles. The van der Waals surface area contributed by atoms with E-state index in [4.69, 9.17) is 16.3 Å². The molecule has 5 heteroatoms. The van der Waals surface area contributed by atoms with Gasteiger partial charge in [0.2, 0.25) is 0 Å². The van der Waals surface area contributed by atoms with E-state index in [9.17, 15) is 4.79 Å². The number of anilines is 1. The van der Waals surface area contributed by atoms with E-state index >= 15 is 0 Å². The van der Waals surface area contributed by atoms with Crippen LogP contribution < -0.4 is 10.1 Å². The van der Waals surface area contributed by atoms with Crippen molar-refractivity contribution in [1.29, 1.82) is 0 Å². The Hall–Kier alpha value is -2.20. The highest BCUT2D eigenvalue weighted by atomic mass is 35.5. The zero-order chi connectivity index (χ0) is 18.4. The Morgan fingerprint density at radius 3 is 2.73 bits per heavy atom. The van der Waals surface area contributed by atoms with Gasteiger partial charge in [0.25, 0.3) is 0 Å². The lowest BCUT2D eigenvalue weighted by Crippen LogP contribution is -2.37. The molecule has 1 saturated heterocycles. The molecule has 1 atom stereocenters. The van der Waals surface area contributed by atoms with Gasteiger partial charge in [-0.2, -0.15) is 0 Å². The third-order valence-corrected chi connectivity index (χ3v) is 4.98. The van der Waals surface area contributed by atoms with Crippen LogP contribution in [0.2, 0.25) is 5.02 Å². The largest absolute Gasteiger partial charge is 0.492 e. The van der Waals surface area contributed by atoms with Crippen molar-refractivity contribution in [2.24, 2.45) is 0 Å². The van der Waals surface area contributed by atoms with Gasteiger partial charge in [0.05, 0.1) is 12.3 Å². The molecule has 1 unspecified atom stereocenters. The third-order valence-electron chi connectivity index (χ3n) is 4.73. The van der Waals surface area contributed by atoms with E-state index in [1.807, 2.05) is 48.2 Å². The second-order valence-corrected chi connectivity index (χ2v) is 6.99. The first-order valence-electron chi connectivity index (χ1n) is 9.20. The van der Waals surface area contributed by atoms with Crippen molar-refractivity contribution in [3.8, 4) is 5.75 Å². The molecule has 0 aromatic heterocycles. The molecule has 138 valence electrons. The Kier molecular flexibility index (Phi) is 6.40. The molecule has 1 fully saturated rings. The number of ether oxygens (including phenoxy) is 1. The molecule has 1 aliphatic heterocycles. The summed E-state index contributed by atoms with van der Waals surface area (Å²) >= 11 is 6.01. The molecule has 0 spiro atoms. The van der Waals surface area contributed by atoms with E-state index in [2.05, 4.69) is 17.4 Å². The molecular weight excluding hydrogens is 348 g/mol. The first-order valence-corrected chi connectivity index (χ1v) is 9.58. The van der Waals surface area contributed by atoms with Crippen LogP contribution in [0, 0.1) is 0 Å². The molecule has 0 aliphatic carbocycles. The number of carbonyl (C=O) groups excluding carboxylic acids is 1. The SMILES string of the molecule is CCOc1ccccc1NC(=O)N1CCCCC(c2ccc(Cl)cc2)C1. The first kappa shape index (κ1) is 18.6. The average Bonchev–Trinajstić information content (AvgIpc) is 2.90. The zero-order valence-corrected chi connectivity index (χ0v) is 15.8. The van der Waals surface area contributed by atoms with Crippen molar-refractivity contribution in [2.45, 2.75) is 32.1 Å². The van der Waals surface area contributed by atoms with E-state index in [-0.39, 0.29) is 6.03 Å². The molecule has 1 N–H and O–H groups in total. The minimum atomic E-state index is -0.0713. The number of nitrogens with one attached hydrogen (secondary N) is 1. The van der Waals surface area contributed by atoms with Gasteiger partial charge in [-0.05, 0) is 49.6 Å². The number of benzene rings is 2. The summed E-state index contributed by atoms with van der Waals surface area (Å²) in [5.74, 6) is 1.04. The Labute approximate surface area is 160 Å². The molecular formula is C21H25ClN2O2. The van der Waals surface area contributed by atoms with Gasteiger partial charge >= 0.3 is 6.03 Å². The minimum absolute atomic E-state index is 0.0713. The lowest BCUT2D eigenvalue weighted by Gasteiger charge is -2.25. The number of hydrogen-bond donors (Lipinski definition) is 1. The molecule has 0 bridgehead atoms. The lowest BCUT2D eigenvalue weighted by molar-refractivity contribution is 0.211.